The van der Waals surface area contributed by atoms with Crippen LogP contribution in [0.2, 0.25) is 0 Å². The number of carbonyl (C=O) groups excluding carboxylic acids is 5. The molecule has 0 bridgehead atoms. The van der Waals surface area contributed by atoms with E-state index in [0.29, 0.717) is 5.06 Å². The zero-order valence-electron chi connectivity index (χ0n) is 13.9. The number of likely N-dealkylation sites (N-methyl/N-ethyl adjacent to an activating group) is 1. The average Bonchev–Trinajstić information content (AvgIpc) is 2.98. The zero-order valence-corrected chi connectivity index (χ0v) is 14.7. The Morgan fingerprint density at radius 1 is 1.12 bits per heavy atom. The minimum absolute atomic E-state index is 0.131. The lowest BCUT2D eigenvalue weighted by molar-refractivity contribution is -0.195. The number of hydrogen-bond donors (Lipinski definition) is 0. The first kappa shape index (κ1) is 22.2. The molecule has 11 heteroatoms. The van der Waals surface area contributed by atoms with Crippen LogP contribution in [-0.2, 0) is 38.6 Å². The van der Waals surface area contributed by atoms with Crippen LogP contribution in [0.25, 0.3) is 0 Å². The molecule has 0 aromatic rings. The first-order valence-electron chi connectivity index (χ1n) is 6.75. The molecule has 0 aliphatic carbocycles. The number of hydrogen-bond acceptors (Lipinski definition) is 8. The number of hydroxylamine groups is 2. The van der Waals surface area contributed by atoms with Gasteiger partial charge < -0.3 is 4.84 Å². The summed E-state index contributed by atoms with van der Waals surface area (Å²) >= 11 is 0. The highest BCUT2D eigenvalue weighted by Gasteiger charge is 2.31. The molecular formula is C14H18N2O8S. The van der Waals surface area contributed by atoms with Crippen molar-refractivity contribution in [3.63, 3.8) is 0 Å². The molecule has 0 aromatic carbocycles. The third kappa shape index (κ3) is 8.55. The highest BCUT2D eigenvalue weighted by Crippen LogP contribution is 2.11. The number of carbonyl (C=O) groups is 5. The molecule has 2 aliphatic rings. The maximum absolute atomic E-state index is 10.7. The molecule has 10 nitrogen and oxygen atoms in total. The Labute approximate surface area is 144 Å². The average molecular weight is 374 g/mol. The van der Waals surface area contributed by atoms with Gasteiger partial charge in [-0.15, -0.1) is 5.06 Å². The third-order valence-corrected chi connectivity index (χ3v) is 3.16. The topological polar surface area (TPSA) is 135 Å². The van der Waals surface area contributed by atoms with Gasteiger partial charge in [0.1, 0.15) is 0 Å². The Hall–Kier alpha value is -2.82. The predicted molar refractivity (Wildman–Crippen MR) is 84.8 cm³/mol. The first-order valence-corrected chi connectivity index (χ1v) is 8.71. The normalized spacial score (nSPS) is 16.1. The summed E-state index contributed by atoms with van der Waals surface area (Å²) < 4.78 is 19.8. The Kier molecular flexibility index (Phi) is 8.40. The lowest BCUT2D eigenvalue weighted by Crippen LogP contribution is -2.30. The van der Waals surface area contributed by atoms with Gasteiger partial charge in [0, 0.05) is 50.6 Å². The predicted octanol–water partition coefficient (Wildman–Crippen LogP) is -0.671. The van der Waals surface area contributed by atoms with Crippen molar-refractivity contribution in [3.8, 4) is 0 Å². The van der Waals surface area contributed by atoms with Gasteiger partial charge in [0.2, 0.25) is 0 Å². The molecule has 0 N–H and O–H groups in total. The molecule has 0 atom stereocenters. The number of rotatable bonds is 2. The van der Waals surface area contributed by atoms with E-state index in [2.05, 4.69) is 11.4 Å². The second-order valence-electron chi connectivity index (χ2n) is 4.73. The summed E-state index contributed by atoms with van der Waals surface area (Å²) in [7, 11) is -1.45. The van der Waals surface area contributed by atoms with Crippen molar-refractivity contribution >= 4 is 39.4 Å². The number of amides is 4. The minimum atomic E-state index is -2.90. The molecule has 2 heterocycles. The van der Waals surface area contributed by atoms with Gasteiger partial charge in [-0.25, -0.2) is 13.2 Å². The summed E-state index contributed by atoms with van der Waals surface area (Å²) in [4.78, 5) is 58.0. The van der Waals surface area contributed by atoms with E-state index in [1.54, 1.807) is 0 Å². The smallest absolute Gasteiger partial charge is 0.330 e. The van der Waals surface area contributed by atoms with Crippen molar-refractivity contribution in [1.29, 1.82) is 0 Å². The van der Waals surface area contributed by atoms with Crippen LogP contribution in [-0.4, -0.2) is 61.3 Å². The van der Waals surface area contributed by atoms with Crippen LogP contribution in [0.15, 0.2) is 24.1 Å². The van der Waals surface area contributed by atoms with Crippen molar-refractivity contribution in [2.24, 2.45) is 0 Å². The molecule has 2 rings (SSSR count). The minimum Gasteiger partial charge on any atom is -0.331 e. The third-order valence-electron chi connectivity index (χ3n) is 2.56. The van der Waals surface area contributed by atoms with Gasteiger partial charge in [-0.2, -0.15) is 0 Å². The highest BCUT2D eigenvalue weighted by molar-refractivity contribution is 7.93. The summed E-state index contributed by atoms with van der Waals surface area (Å²) in [6, 6.07) is 0. The van der Waals surface area contributed by atoms with E-state index in [1.807, 2.05) is 0 Å². The van der Waals surface area contributed by atoms with E-state index in [0.717, 1.165) is 23.5 Å². The fourth-order valence-corrected chi connectivity index (χ4v) is 1.26. The van der Waals surface area contributed by atoms with Crippen LogP contribution in [0.1, 0.15) is 19.8 Å². The molecule has 2 aliphatic heterocycles. The SMILES string of the molecule is C=CS(C)(=O)=O.CC(=O)ON1C(=O)CCC1=O.CN1C(=O)C=CC1=O. The molecule has 25 heavy (non-hydrogen) atoms. The van der Waals surface area contributed by atoms with Crippen LogP contribution in [0.4, 0.5) is 0 Å². The molecule has 1 saturated heterocycles. The maximum atomic E-state index is 10.7. The molecule has 0 spiro atoms. The van der Waals surface area contributed by atoms with Crippen molar-refractivity contribution < 1.29 is 37.2 Å². The van der Waals surface area contributed by atoms with Gasteiger partial charge in [-0.3, -0.25) is 24.1 Å². The van der Waals surface area contributed by atoms with Crippen molar-refractivity contribution in [2.45, 2.75) is 19.8 Å². The van der Waals surface area contributed by atoms with Crippen LogP contribution in [0.3, 0.4) is 0 Å². The molecule has 0 radical (unpaired) electrons. The quantitative estimate of drug-likeness (QED) is 0.581. The van der Waals surface area contributed by atoms with Crippen LogP contribution in [0, 0.1) is 0 Å². The van der Waals surface area contributed by atoms with E-state index >= 15 is 0 Å². The lowest BCUT2D eigenvalue weighted by atomic mass is 10.4. The lowest BCUT2D eigenvalue weighted by Gasteiger charge is -2.09. The van der Waals surface area contributed by atoms with Gasteiger partial charge in [0.05, 0.1) is 0 Å². The fraction of sp³-hybridized carbons (Fsp3) is 0.357. The standard InChI is InChI=1S/C6H7NO4.C5H5NO2.C3H6O2S/c1-4(8)11-7-5(9)2-3-6(7)10;1-6-4(7)2-3-5(6)8;1-3-6(2,4)5/h2-3H2,1H3;2-3H,1H3;3H,1H2,2H3. The maximum Gasteiger partial charge on any atom is 0.330 e. The Morgan fingerprint density at radius 3 is 1.68 bits per heavy atom. The van der Waals surface area contributed by atoms with Gasteiger partial charge in [0.25, 0.3) is 23.6 Å². The molecule has 1 fully saturated rings. The molecule has 4 amide bonds. The number of imide groups is 2. The fourth-order valence-electron chi connectivity index (χ4n) is 1.26. The first-order chi connectivity index (χ1) is 11.4. The van der Waals surface area contributed by atoms with Crippen molar-refractivity contribution in [2.75, 3.05) is 13.3 Å². The number of sulfone groups is 1. The summed E-state index contributed by atoms with van der Waals surface area (Å²) in [5.74, 6) is -2.05. The second-order valence-corrected chi connectivity index (χ2v) is 6.72. The zero-order chi connectivity index (χ0) is 19.8. The monoisotopic (exact) mass is 374 g/mol. The largest absolute Gasteiger partial charge is 0.331 e. The van der Waals surface area contributed by atoms with Gasteiger partial charge in [-0.05, 0) is 0 Å². The summed E-state index contributed by atoms with van der Waals surface area (Å²) in [5.41, 5.74) is 0. The summed E-state index contributed by atoms with van der Waals surface area (Å²) in [6.45, 7) is 4.18. The molecular weight excluding hydrogens is 356 g/mol. The van der Waals surface area contributed by atoms with E-state index in [4.69, 9.17) is 0 Å². The highest BCUT2D eigenvalue weighted by atomic mass is 32.2. The van der Waals surface area contributed by atoms with E-state index in [1.165, 1.54) is 19.2 Å². The molecule has 0 aromatic heterocycles. The van der Waals surface area contributed by atoms with Gasteiger partial charge >= 0.3 is 5.97 Å². The Morgan fingerprint density at radius 2 is 1.48 bits per heavy atom. The van der Waals surface area contributed by atoms with E-state index < -0.39 is 27.6 Å². The van der Waals surface area contributed by atoms with E-state index in [9.17, 15) is 32.4 Å². The van der Waals surface area contributed by atoms with Gasteiger partial charge in [-0.1, -0.05) is 6.58 Å². The molecule has 0 saturated carbocycles. The number of nitrogens with zero attached hydrogens (tertiary/aromatic N) is 2. The Balaban J connectivity index is 0.000000365. The Bertz CT molecular complexity index is 678. The second kappa shape index (κ2) is 9.47. The van der Waals surface area contributed by atoms with E-state index in [-0.39, 0.29) is 24.7 Å². The van der Waals surface area contributed by atoms with Crippen molar-refractivity contribution in [3.05, 3.63) is 24.1 Å². The van der Waals surface area contributed by atoms with Crippen molar-refractivity contribution in [1.82, 2.24) is 9.96 Å². The molecule has 138 valence electrons. The van der Waals surface area contributed by atoms with Gasteiger partial charge in [0.15, 0.2) is 9.84 Å². The summed E-state index contributed by atoms with van der Waals surface area (Å²) in [6.07, 6.45) is 3.86. The molecule has 0 unspecified atom stereocenters. The van der Waals surface area contributed by atoms with Crippen LogP contribution < -0.4 is 0 Å². The van der Waals surface area contributed by atoms with Crippen LogP contribution >= 0.6 is 0 Å². The van der Waals surface area contributed by atoms with Crippen LogP contribution in [0.5, 0.6) is 0 Å². The summed E-state index contributed by atoms with van der Waals surface area (Å²) in [5, 5.41) is 1.43.